The third-order valence-corrected chi connectivity index (χ3v) is 2.21. The van der Waals surface area contributed by atoms with Crippen molar-refractivity contribution in [2.24, 2.45) is 0 Å². The summed E-state index contributed by atoms with van der Waals surface area (Å²) in [7, 11) is 0. The van der Waals surface area contributed by atoms with E-state index in [0.717, 1.165) is 19.5 Å². The maximum atomic E-state index is 8.83. The molecule has 0 aromatic carbocycles. The van der Waals surface area contributed by atoms with Crippen molar-refractivity contribution < 1.29 is 0 Å². The molecule has 0 bridgehead atoms. The van der Waals surface area contributed by atoms with Crippen LogP contribution in [-0.2, 0) is 0 Å². The molecule has 1 rings (SSSR count). The van der Waals surface area contributed by atoms with Crippen molar-refractivity contribution in [3.05, 3.63) is 11.6 Å². The fraction of sp³-hybridized carbons (Fsp3) is 0.667. The molecular formula is C9H14N2. The van der Waals surface area contributed by atoms with E-state index in [4.69, 9.17) is 5.26 Å². The molecule has 1 heterocycles. The van der Waals surface area contributed by atoms with Gasteiger partial charge in [-0.3, -0.25) is 4.90 Å². The van der Waals surface area contributed by atoms with Crippen LogP contribution in [0.4, 0.5) is 0 Å². The zero-order valence-corrected chi connectivity index (χ0v) is 7.17. The van der Waals surface area contributed by atoms with Crippen LogP contribution in [0.25, 0.3) is 0 Å². The fourth-order valence-corrected chi connectivity index (χ4v) is 1.51. The molecule has 0 amide bonds. The molecule has 0 aromatic rings. The molecule has 11 heavy (non-hydrogen) atoms. The van der Waals surface area contributed by atoms with Gasteiger partial charge >= 0.3 is 0 Å². The van der Waals surface area contributed by atoms with Crippen molar-refractivity contribution in [2.45, 2.75) is 26.3 Å². The second kappa shape index (κ2) is 3.54. The Bertz CT molecular complexity index is 200. The normalized spacial score (nSPS) is 25.9. The van der Waals surface area contributed by atoms with Crippen LogP contribution in [0.2, 0.25) is 0 Å². The molecule has 1 unspecified atom stereocenters. The number of hydrogen-bond donors (Lipinski definition) is 0. The molecule has 2 heteroatoms. The molecule has 0 fully saturated rings. The van der Waals surface area contributed by atoms with Crippen LogP contribution in [0.5, 0.6) is 0 Å². The minimum absolute atomic E-state index is 0.0359. The predicted octanol–water partition coefficient (Wildman–Crippen LogP) is 1.55. The highest BCUT2D eigenvalue weighted by molar-refractivity contribution is 5.20. The molecule has 0 saturated carbocycles. The molecule has 1 aliphatic rings. The van der Waals surface area contributed by atoms with Gasteiger partial charge in [0.15, 0.2) is 0 Å². The lowest BCUT2D eigenvalue weighted by Crippen LogP contribution is -2.38. The van der Waals surface area contributed by atoms with Crippen LogP contribution >= 0.6 is 0 Å². The van der Waals surface area contributed by atoms with Crippen molar-refractivity contribution in [3.63, 3.8) is 0 Å². The smallest absolute Gasteiger partial charge is 0.119 e. The summed E-state index contributed by atoms with van der Waals surface area (Å²) in [4.78, 5) is 2.20. The van der Waals surface area contributed by atoms with Crippen LogP contribution in [0.1, 0.15) is 20.3 Å². The second-order valence-corrected chi connectivity index (χ2v) is 2.90. The number of rotatable bonds is 1. The van der Waals surface area contributed by atoms with Crippen LogP contribution in [0, 0.1) is 11.3 Å². The predicted molar refractivity (Wildman–Crippen MR) is 45.0 cm³/mol. The van der Waals surface area contributed by atoms with E-state index in [1.807, 2.05) is 6.92 Å². The van der Waals surface area contributed by atoms with E-state index < -0.39 is 0 Å². The van der Waals surface area contributed by atoms with Crippen molar-refractivity contribution in [1.82, 2.24) is 4.90 Å². The summed E-state index contributed by atoms with van der Waals surface area (Å²) in [6.45, 7) is 6.15. The Labute approximate surface area is 68.1 Å². The molecule has 0 N–H and O–H groups in total. The Balaban J connectivity index is 2.73. The quantitative estimate of drug-likeness (QED) is 0.530. The summed E-state index contributed by atoms with van der Waals surface area (Å²) in [5.74, 6) is 0. The summed E-state index contributed by atoms with van der Waals surface area (Å²) >= 11 is 0. The van der Waals surface area contributed by atoms with Crippen LogP contribution in [0.3, 0.4) is 0 Å². The lowest BCUT2D eigenvalue weighted by Gasteiger charge is -2.29. The van der Waals surface area contributed by atoms with E-state index in [1.165, 1.54) is 5.57 Å². The van der Waals surface area contributed by atoms with Crippen molar-refractivity contribution in [2.75, 3.05) is 13.1 Å². The molecular weight excluding hydrogens is 136 g/mol. The topological polar surface area (TPSA) is 27.0 Å². The Kier molecular flexibility index (Phi) is 2.67. The molecule has 0 radical (unpaired) electrons. The van der Waals surface area contributed by atoms with Crippen LogP contribution in [-0.4, -0.2) is 24.0 Å². The average Bonchev–Trinajstić information content (AvgIpc) is 2.04. The highest BCUT2D eigenvalue weighted by Gasteiger charge is 2.20. The highest BCUT2D eigenvalue weighted by atomic mass is 15.1. The summed E-state index contributed by atoms with van der Waals surface area (Å²) in [5, 5.41) is 8.83. The van der Waals surface area contributed by atoms with Gasteiger partial charge in [0.1, 0.15) is 6.04 Å². The Morgan fingerprint density at radius 3 is 3.00 bits per heavy atom. The summed E-state index contributed by atoms with van der Waals surface area (Å²) in [5.41, 5.74) is 1.21. The van der Waals surface area contributed by atoms with Gasteiger partial charge in [0.05, 0.1) is 6.07 Å². The van der Waals surface area contributed by atoms with Gasteiger partial charge < -0.3 is 0 Å². The Morgan fingerprint density at radius 1 is 1.82 bits per heavy atom. The molecule has 0 aliphatic carbocycles. The summed E-state index contributed by atoms with van der Waals surface area (Å²) < 4.78 is 0. The second-order valence-electron chi connectivity index (χ2n) is 2.90. The average molecular weight is 150 g/mol. The third-order valence-electron chi connectivity index (χ3n) is 2.21. The van der Waals surface area contributed by atoms with E-state index in [2.05, 4.69) is 24.0 Å². The molecule has 60 valence electrons. The first kappa shape index (κ1) is 8.29. The van der Waals surface area contributed by atoms with Crippen molar-refractivity contribution >= 4 is 0 Å². The minimum atomic E-state index is 0.0359. The molecule has 1 atom stereocenters. The van der Waals surface area contributed by atoms with Crippen LogP contribution in [0.15, 0.2) is 11.6 Å². The first-order valence-electron chi connectivity index (χ1n) is 4.10. The van der Waals surface area contributed by atoms with E-state index >= 15 is 0 Å². The van der Waals surface area contributed by atoms with Crippen molar-refractivity contribution in [3.8, 4) is 6.07 Å². The van der Waals surface area contributed by atoms with Crippen molar-refractivity contribution in [1.29, 1.82) is 5.26 Å². The third kappa shape index (κ3) is 1.61. The molecule has 1 aliphatic heterocycles. The van der Waals surface area contributed by atoms with E-state index in [0.29, 0.717) is 0 Å². The zero-order chi connectivity index (χ0) is 8.27. The highest BCUT2D eigenvalue weighted by Crippen LogP contribution is 2.15. The monoisotopic (exact) mass is 150 g/mol. The van der Waals surface area contributed by atoms with E-state index in [1.54, 1.807) is 0 Å². The first-order chi connectivity index (χ1) is 5.29. The van der Waals surface area contributed by atoms with Gasteiger partial charge in [0.2, 0.25) is 0 Å². The first-order valence-corrected chi connectivity index (χ1v) is 4.10. The summed E-state index contributed by atoms with van der Waals surface area (Å²) in [6, 6.07) is 2.35. The molecule has 0 saturated heterocycles. The number of nitrogens with zero attached hydrogens (tertiary/aromatic N) is 2. The lowest BCUT2D eigenvalue weighted by molar-refractivity contribution is 0.262. The van der Waals surface area contributed by atoms with Gasteiger partial charge in [-0.2, -0.15) is 5.26 Å². The van der Waals surface area contributed by atoms with Gasteiger partial charge in [-0.15, -0.1) is 0 Å². The minimum Gasteiger partial charge on any atom is -0.285 e. The number of nitriles is 1. The lowest BCUT2D eigenvalue weighted by atomic mass is 10.0. The van der Waals surface area contributed by atoms with Gasteiger partial charge in [-0.05, 0) is 25.5 Å². The van der Waals surface area contributed by atoms with Gasteiger partial charge in [-0.25, -0.2) is 0 Å². The Morgan fingerprint density at radius 2 is 2.55 bits per heavy atom. The number of likely N-dealkylation sites (N-methyl/N-ethyl adjacent to an activating group) is 1. The SMILES string of the molecule is CCN1CCC=C(C)C1C#N. The van der Waals surface area contributed by atoms with E-state index in [-0.39, 0.29) is 6.04 Å². The number of hydrogen-bond acceptors (Lipinski definition) is 2. The Hall–Kier alpha value is -0.810. The molecule has 0 spiro atoms. The molecule has 2 nitrogen and oxygen atoms in total. The largest absolute Gasteiger partial charge is 0.285 e. The standard InChI is InChI=1S/C9H14N2/c1-3-11-6-4-5-8(2)9(11)7-10/h5,9H,3-4,6H2,1-2H3. The zero-order valence-electron chi connectivity index (χ0n) is 7.17. The fourth-order valence-electron chi connectivity index (χ4n) is 1.51. The maximum Gasteiger partial charge on any atom is 0.119 e. The molecule has 0 aromatic heterocycles. The summed E-state index contributed by atoms with van der Waals surface area (Å²) in [6.07, 6.45) is 3.26. The van der Waals surface area contributed by atoms with Gasteiger partial charge in [-0.1, -0.05) is 13.0 Å². The van der Waals surface area contributed by atoms with Gasteiger partial charge in [0.25, 0.3) is 0 Å². The van der Waals surface area contributed by atoms with Crippen LogP contribution < -0.4 is 0 Å². The maximum absolute atomic E-state index is 8.83. The van der Waals surface area contributed by atoms with Gasteiger partial charge in [0, 0.05) is 6.54 Å². The van der Waals surface area contributed by atoms with E-state index in [9.17, 15) is 0 Å².